The molecule has 7 heteroatoms. The van der Waals surface area contributed by atoms with E-state index < -0.39 is 11.4 Å². The molecule has 1 heterocycles. The number of carbonyl (C=O) groups excluding carboxylic acids is 1. The minimum absolute atomic E-state index is 0.440. The van der Waals surface area contributed by atoms with Crippen molar-refractivity contribution in [1.29, 1.82) is 0 Å². The van der Waals surface area contributed by atoms with E-state index >= 15 is 0 Å². The fraction of sp³-hybridized carbons (Fsp3) is 0.700. The van der Waals surface area contributed by atoms with Crippen LogP contribution in [-0.2, 0) is 4.79 Å². The van der Waals surface area contributed by atoms with Gasteiger partial charge in [-0.2, -0.15) is 0 Å². The van der Waals surface area contributed by atoms with Crippen molar-refractivity contribution in [2.45, 2.75) is 43.0 Å². The van der Waals surface area contributed by atoms with Crippen molar-refractivity contribution in [3.63, 3.8) is 0 Å². The molecule has 17 heavy (non-hydrogen) atoms. The van der Waals surface area contributed by atoms with Crippen LogP contribution >= 0.6 is 23.1 Å². The summed E-state index contributed by atoms with van der Waals surface area (Å²) in [4.78, 5) is 11.0. The van der Waals surface area contributed by atoms with Crippen molar-refractivity contribution in [3.8, 4) is 0 Å². The molecule has 0 aliphatic carbocycles. The lowest BCUT2D eigenvalue weighted by molar-refractivity contribution is -0.122. The van der Waals surface area contributed by atoms with Crippen molar-refractivity contribution in [3.05, 3.63) is 5.01 Å². The molecule has 96 valence electrons. The number of rotatable bonds is 7. The maximum absolute atomic E-state index is 11.0. The van der Waals surface area contributed by atoms with Crippen molar-refractivity contribution in [2.24, 2.45) is 11.5 Å². The molecule has 0 aromatic carbocycles. The number of carbonyl (C=O) groups is 1. The second-order valence-corrected chi connectivity index (χ2v) is 6.70. The molecule has 1 aromatic heterocycles. The van der Waals surface area contributed by atoms with Gasteiger partial charge in [-0.1, -0.05) is 29.5 Å². The Bertz CT molecular complexity index is 378. The Balaban J connectivity index is 2.15. The predicted molar refractivity (Wildman–Crippen MR) is 71.0 cm³/mol. The number of nitrogens with zero attached hydrogens (tertiary/aromatic N) is 2. The Hall–Kier alpha value is -0.660. The topological polar surface area (TPSA) is 94.9 Å². The van der Waals surface area contributed by atoms with Crippen LogP contribution in [0.1, 0.15) is 31.2 Å². The van der Waals surface area contributed by atoms with Crippen molar-refractivity contribution < 1.29 is 4.79 Å². The number of nitrogens with two attached hydrogens (primary N) is 2. The fourth-order valence-electron chi connectivity index (χ4n) is 1.21. The summed E-state index contributed by atoms with van der Waals surface area (Å²) in [6, 6.07) is 0. The summed E-state index contributed by atoms with van der Waals surface area (Å²) >= 11 is 3.29. The minimum atomic E-state index is -0.885. The first kappa shape index (κ1) is 14.4. The molecule has 1 rings (SSSR count). The molecule has 5 nitrogen and oxygen atoms in total. The van der Waals surface area contributed by atoms with Crippen LogP contribution in [0.15, 0.2) is 4.34 Å². The summed E-state index contributed by atoms with van der Waals surface area (Å²) in [6.45, 7) is 3.62. The van der Waals surface area contributed by atoms with E-state index in [9.17, 15) is 4.79 Å². The molecule has 0 fully saturated rings. The molecular weight excluding hydrogens is 256 g/mol. The highest BCUT2D eigenvalue weighted by atomic mass is 32.2. The Morgan fingerprint density at radius 1 is 1.47 bits per heavy atom. The number of amides is 1. The van der Waals surface area contributed by atoms with E-state index in [1.165, 1.54) is 0 Å². The van der Waals surface area contributed by atoms with E-state index in [4.69, 9.17) is 11.5 Å². The van der Waals surface area contributed by atoms with Crippen LogP contribution in [0.3, 0.4) is 0 Å². The van der Waals surface area contributed by atoms with Gasteiger partial charge in [-0.3, -0.25) is 4.79 Å². The van der Waals surface area contributed by atoms with E-state index in [-0.39, 0.29) is 0 Å². The predicted octanol–water partition coefficient (Wildman–Crippen LogP) is 1.31. The lowest BCUT2D eigenvalue weighted by Gasteiger charge is -2.19. The molecule has 1 atom stereocenters. The number of aryl methyl sites for hydroxylation is 1. The smallest absolute Gasteiger partial charge is 0.237 e. The third-order valence-electron chi connectivity index (χ3n) is 2.39. The first-order chi connectivity index (χ1) is 7.92. The van der Waals surface area contributed by atoms with Crippen LogP contribution in [0.2, 0.25) is 0 Å². The number of thioether (sulfide) groups is 1. The van der Waals surface area contributed by atoms with Crippen LogP contribution < -0.4 is 11.5 Å². The monoisotopic (exact) mass is 274 g/mol. The Kier molecular flexibility index (Phi) is 5.35. The van der Waals surface area contributed by atoms with Crippen LogP contribution in [0.5, 0.6) is 0 Å². The molecule has 4 N–H and O–H groups in total. The highest BCUT2D eigenvalue weighted by molar-refractivity contribution is 8.01. The average molecular weight is 274 g/mol. The Labute approximate surface area is 109 Å². The molecule has 1 amide bonds. The Morgan fingerprint density at radius 3 is 2.71 bits per heavy atom. The van der Waals surface area contributed by atoms with Crippen molar-refractivity contribution in [2.75, 3.05) is 5.75 Å². The van der Waals surface area contributed by atoms with Gasteiger partial charge in [0, 0.05) is 5.75 Å². The molecule has 1 aromatic rings. The van der Waals surface area contributed by atoms with Gasteiger partial charge in [-0.15, -0.1) is 10.2 Å². The quantitative estimate of drug-likeness (QED) is 0.577. The maximum Gasteiger partial charge on any atom is 0.237 e. The van der Waals surface area contributed by atoms with Crippen LogP contribution in [0.25, 0.3) is 0 Å². The molecule has 0 saturated carbocycles. The van der Waals surface area contributed by atoms with E-state index in [0.717, 1.165) is 27.9 Å². The van der Waals surface area contributed by atoms with E-state index in [1.54, 1.807) is 30.0 Å². The number of unbranched alkanes of at least 4 members (excludes halogenated alkanes) is 1. The third kappa shape index (κ3) is 5.01. The van der Waals surface area contributed by atoms with Crippen molar-refractivity contribution in [1.82, 2.24) is 10.2 Å². The SMILES string of the molecule is Cc1nnc(SCCCCC(C)(N)C(N)=O)s1. The van der Waals surface area contributed by atoms with Gasteiger partial charge in [-0.05, 0) is 26.7 Å². The van der Waals surface area contributed by atoms with Gasteiger partial charge in [0.1, 0.15) is 5.01 Å². The molecule has 1 unspecified atom stereocenters. The van der Waals surface area contributed by atoms with Gasteiger partial charge in [0.2, 0.25) is 5.91 Å². The van der Waals surface area contributed by atoms with E-state index in [1.807, 2.05) is 6.92 Å². The second kappa shape index (κ2) is 6.32. The summed E-state index contributed by atoms with van der Waals surface area (Å²) in [7, 11) is 0. The molecule has 0 aliphatic rings. The minimum Gasteiger partial charge on any atom is -0.368 e. The molecule has 0 spiro atoms. The van der Waals surface area contributed by atoms with Crippen molar-refractivity contribution >= 4 is 29.0 Å². The first-order valence-electron chi connectivity index (χ1n) is 5.43. The number of hydrogen-bond acceptors (Lipinski definition) is 6. The maximum atomic E-state index is 11.0. The van der Waals surface area contributed by atoms with Gasteiger partial charge in [-0.25, -0.2) is 0 Å². The summed E-state index contributed by atoms with van der Waals surface area (Å²) in [6.07, 6.45) is 2.50. The standard InChI is InChI=1S/C10H18N4OS2/c1-7-13-14-9(17-7)16-6-4-3-5-10(2,12)8(11)15/h3-6,12H2,1-2H3,(H2,11,15). The fourth-order valence-corrected chi connectivity index (χ4v) is 3.10. The van der Waals surface area contributed by atoms with Gasteiger partial charge >= 0.3 is 0 Å². The average Bonchev–Trinajstić information content (AvgIpc) is 2.63. The highest BCUT2D eigenvalue weighted by Crippen LogP contribution is 2.23. The van der Waals surface area contributed by atoms with Gasteiger partial charge < -0.3 is 11.5 Å². The summed E-state index contributed by atoms with van der Waals surface area (Å²) in [5.41, 5.74) is 10.1. The van der Waals surface area contributed by atoms with Crippen LogP contribution in [0.4, 0.5) is 0 Å². The first-order valence-corrected chi connectivity index (χ1v) is 7.24. The summed E-state index contributed by atoms with van der Waals surface area (Å²) in [5, 5.41) is 8.95. The molecule has 0 radical (unpaired) electrons. The zero-order valence-corrected chi connectivity index (χ0v) is 11.7. The lowest BCUT2D eigenvalue weighted by atomic mass is 9.96. The van der Waals surface area contributed by atoms with Crippen LogP contribution in [0, 0.1) is 6.92 Å². The van der Waals surface area contributed by atoms with E-state index in [0.29, 0.717) is 6.42 Å². The molecule has 0 saturated heterocycles. The lowest BCUT2D eigenvalue weighted by Crippen LogP contribution is -2.49. The second-order valence-electron chi connectivity index (χ2n) is 4.17. The normalized spacial score (nSPS) is 14.5. The Morgan fingerprint density at radius 2 is 2.18 bits per heavy atom. The number of aromatic nitrogens is 2. The highest BCUT2D eigenvalue weighted by Gasteiger charge is 2.24. The molecule has 0 aliphatic heterocycles. The zero-order chi connectivity index (χ0) is 12.9. The van der Waals surface area contributed by atoms with Gasteiger partial charge in [0.15, 0.2) is 4.34 Å². The summed E-state index contributed by atoms with van der Waals surface area (Å²) < 4.78 is 0.993. The number of primary amides is 1. The summed E-state index contributed by atoms with van der Waals surface area (Å²) in [5.74, 6) is 0.522. The van der Waals surface area contributed by atoms with Gasteiger partial charge in [0.05, 0.1) is 5.54 Å². The third-order valence-corrected chi connectivity index (χ3v) is 4.44. The largest absolute Gasteiger partial charge is 0.368 e. The van der Waals surface area contributed by atoms with Crippen LogP contribution in [-0.4, -0.2) is 27.4 Å². The molecular formula is C10H18N4OS2. The molecule has 0 bridgehead atoms. The number of hydrogen-bond donors (Lipinski definition) is 2. The van der Waals surface area contributed by atoms with E-state index in [2.05, 4.69) is 10.2 Å². The zero-order valence-electron chi connectivity index (χ0n) is 10.1. The van der Waals surface area contributed by atoms with Gasteiger partial charge in [0.25, 0.3) is 0 Å².